The number of benzene rings is 3. The van der Waals surface area contributed by atoms with E-state index in [9.17, 15) is 18.4 Å². The van der Waals surface area contributed by atoms with Crippen molar-refractivity contribution in [2.45, 2.75) is 4.90 Å². The number of fused-ring (bicyclic) bond motifs is 1. The fourth-order valence-corrected chi connectivity index (χ4v) is 5.95. The summed E-state index contributed by atoms with van der Waals surface area (Å²) in [6.07, 6.45) is 1.34. The average Bonchev–Trinajstić information content (AvgIpc) is 2.89. The van der Waals surface area contributed by atoms with Crippen molar-refractivity contribution in [2.75, 3.05) is 31.9 Å². The van der Waals surface area contributed by atoms with E-state index in [-0.39, 0.29) is 29.7 Å². The number of hydrogen-bond acceptors (Lipinski definition) is 5. The number of carbonyl (C=O) groups excluding carboxylic acids is 1. The third kappa shape index (κ3) is 4.60. The number of hydrogen-bond donors (Lipinski definition) is 1. The monoisotopic (exact) mass is 522 g/mol. The first-order valence-electron chi connectivity index (χ1n) is 11.3. The maximum atomic E-state index is 13.2. The van der Waals surface area contributed by atoms with Crippen molar-refractivity contribution in [3.05, 3.63) is 94.8 Å². The maximum absolute atomic E-state index is 13.2. The lowest BCUT2D eigenvalue weighted by atomic mass is 10.0. The van der Waals surface area contributed by atoms with E-state index in [2.05, 4.69) is 0 Å². The van der Waals surface area contributed by atoms with Crippen LogP contribution in [0.5, 0.6) is 0 Å². The molecule has 5 rings (SSSR count). The third-order valence-corrected chi connectivity index (χ3v) is 8.48. The average molecular weight is 523 g/mol. The molecule has 0 bridgehead atoms. The van der Waals surface area contributed by atoms with Gasteiger partial charge in [0, 0.05) is 42.8 Å². The Kier molecular flexibility index (Phi) is 6.29. The van der Waals surface area contributed by atoms with Gasteiger partial charge in [0.1, 0.15) is 0 Å². The van der Waals surface area contributed by atoms with E-state index in [1.54, 1.807) is 77.7 Å². The minimum Gasteiger partial charge on any atom is -0.711 e. The van der Waals surface area contributed by atoms with Crippen LogP contribution in [-0.2, 0) is 10.0 Å². The molecule has 36 heavy (non-hydrogen) atoms. The van der Waals surface area contributed by atoms with Gasteiger partial charge in [0.2, 0.25) is 10.0 Å². The highest BCUT2D eigenvalue weighted by atomic mass is 35.5. The number of pyridine rings is 1. The molecule has 2 N–H and O–H groups in total. The van der Waals surface area contributed by atoms with Crippen LogP contribution >= 0.6 is 11.6 Å². The Morgan fingerprint density at radius 1 is 0.861 bits per heavy atom. The molecule has 0 spiro atoms. The molecule has 10 heteroatoms. The molecule has 0 aliphatic carbocycles. The summed E-state index contributed by atoms with van der Waals surface area (Å²) in [4.78, 5) is 14.9. The van der Waals surface area contributed by atoms with Crippen molar-refractivity contribution in [1.82, 2.24) is 9.21 Å². The van der Waals surface area contributed by atoms with Gasteiger partial charge in [-0.3, -0.25) is 10.5 Å². The van der Waals surface area contributed by atoms with Crippen LogP contribution in [0.15, 0.2) is 83.9 Å². The molecule has 1 amide bonds. The van der Waals surface area contributed by atoms with E-state index in [1.165, 1.54) is 10.5 Å². The fourth-order valence-electron chi connectivity index (χ4n) is 4.31. The molecule has 8 nitrogen and oxygen atoms in total. The minimum absolute atomic E-state index is 0.0913. The van der Waals surface area contributed by atoms with Gasteiger partial charge in [0.15, 0.2) is 0 Å². The molecule has 0 unspecified atom stereocenters. The molecular formula is C26H23ClN4O4S. The molecule has 0 radical (unpaired) electrons. The third-order valence-electron chi connectivity index (χ3n) is 6.35. The first-order valence-corrected chi connectivity index (χ1v) is 13.1. The topological polar surface area (TPSA) is 111 Å². The number of halogens is 1. The number of sulfonamides is 1. The van der Waals surface area contributed by atoms with E-state index in [4.69, 9.17) is 17.3 Å². The van der Waals surface area contributed by atoms with E-state index in [0.717, 1.165) is 21.9 Å². The number of amides is 1. The van der Waals surface area contributed by atoms with Gasteiger partial charge in [-0.25, -0.2) is 13.1 Å². The van der Waals surface area contributed by atoms with Gasteiger partial charge in [-0.05, 0) is 64.4 Å². The molecule has 1 saturated heterocycles. The molecule has 0 saturated carbocycles. The predicted molar refractivity (Wildman–Crippen MR) is 139 cm³/mol. The highest BCUT2D eigenvalue weighted by Crippen LogP contribution is 2.26. The van der Waals surface area contributed by atoms with Gasteiger partial charge < -0.3 is 10.1 Å². The second-order valence-corrected chi connectivity index (χ2v) is 11.0. The van der Waals surface area contributed by atoms with Crippen molar-refractivity contribution in [3.8, 4) is 11.1 Å². The lowest BCUT2D eigenvalue weighted by Gasteiger charge is -2.34. The second kappa shape index (κ2) is 9.42. The fraction of sp³-hybridized carbons (Fsp3) is 0.154. The first-order chi connectivity index (χ1) is 17.2. The van der Waals surface area contributed by atoms with Gasteiger partial charge in [-0.15, -0.1) is 0 Å². The smallest absolute Gasteiger partial charge is 0.275 e. The molecule has 1 aliphatic heterocycles. The number of rotatable bonds is 4. The second-order valence-electron chi connectivity index (χ2n) is 8.59. The quantitative estimate of drug-likeness (QED) is 0.325. The number of nitrogen functional groups attached to an aromatic ring is 1. The zero-order valence-electron chi connectivity index (χ0n) is 19.2. The van der Waals surface area contributed by atoms with Crippen LogP contribution in [0.1, 0.15) is 10.4 Å². The van der Waals surface area contributed by atoms with Crippen LogP contribution in [0.2, 0.25) is 5.02 Å². The van der Waals surface area contributed by atoms with E-state index < -0.39 is 10.0 Å². The number of nitrogens with two attached hydrogens (primary N) is 1. The van der Waals surface area contributed by atoms with E-state index in [1.807, 2.05) is 0 Å². The highest BCUT2D eigenvalue weighted by Gasteiger charge is 2.30. The van der Waals surface area contributed by atoms with Crippen LogP contribution in [0.4, 0.5) is 5.82 Å². The maximum Gasteiger partial charge on any atom is 0.275 e. The zero-order chi connectivity index (χ0) is 25.4. The van der Waals surface area contributed by atoms with Crippen molar-refractivity contribution in [1.29, 1.82) is 0 Å². The Labute approximate surface area is 213 Å². The molecule has 1 fully saturated rings. The van der Waals surface area contributed by atoms with Crippen molar-refractivity contribution in [3.63, 3.8) is 0 Å². The van der Waals surface area contributed by atoms with Gasteiger partial charge >= 0.3 is 0 Å². The number of aromatic nitrogens is 1. The summed E-state index contributed by atoms with van der Waals surface area (Å²) in [7, 11) is -3.69. The number of anilines is 1. The normalized spacial score (nSPS) is 14.8. The number of piperazine rings is 1. The lowest BCUT2D eigenvalue weighted by Crippen LogP contribution is -2.50. The highest BCUT2D eigenvalue weighted by molar-refractivity contribution is 7.89. The van der Waals surface area contributed by atoms with Crippen molar-refractivity contribution in [2.24, 2.45) is 0 Å². The van der Waals surface area contributed by atoms with E-state index >= 15 is 0 Å². The van der Waals surface area contributed by atoms with Crippen LogP contribution in [0, 0.1) is 5.21 Å². The molecule has 3 aromatic carbocycles. The first kappa shape index (κ1) is 24.1. The molecule has 2 heterocycles. The Morgan fingerprint density at radius 2 is 1.53 bits per heavy atom. The summed E-state index contributed by atoms with van der Waals surface area (Å²) in [6, 6.07) is 20.6. The predicted octanol–water partition coefficient (Wildman–Crippen LogP) is 3.52. The Hall–Kier alpha value is -3.66. The molecule has 1 aliphatic rings. The summed E-state index contributed by atoms with van der Waals surface area (Å²) in [5.74, 6) is -0.0697. The Bertz CT molecular complexity index is 1570. The van der Waals surface area contributed by atoms with Crippen LogP contribution in [0.3, 0.4) is 0 Å². The summed E-state index contributed by atoms with van der Waals surface area (Å²) < 4.78 is 28.5. The molecule has 184 valence electrons. The molecule has 4 aromatic rings. The summed E-state index contributed by atoms with van der Waals surface area (Å²) in [5, 5.41) is 13.7. The Balaban J connectivity index is 1.26. The van der Waals surface area contributed by atoms with Crippen molar-refractivity contribution >= 4 is 44.1 Å². The van der Waals surface area contributed by atoms with Gasteiger partial charge in [-0.2, -0.15) is 4.31 Å². The lowest BCUT2D eigenvalue weighted by molar-refractivity contribution is -0.589. The van der Waals surface area contributed by atoms with Crippen LogP contribution in [-0.4, -0.2) is 49.7 Å². The van der Waals surface area contributed by atoms with Crippen LogP contribution < -0.4 is 10.5 Å². The molecule has 0 atom stereocenters. The van der Waals surface area contributed by atoms with E-state index in [0.29, 0.717) is 28.4 Å². The summed E-state index contributed by atoms with van der Waals surface area (Å²) >= 11 is 6.03. The van der Waals surface area contributed by atoms with Crippen molar-refractivity contribution < 1.29 is 17.9 Å². The minimum atomic E-state index is -3.69. The van der Waals surface area contributed by atoms with Gasteiger partial charge in [0.05, 0.1) is 11.1 Å². The number of carbonyl (C=O) groups is 1. The molecular weight excluding hydrogens is 500 g/mol. The van der Waals surface area contributed by atoms with Gasteiger partial charge in [0.25, 0.3) is 11.7 Å². The SMILES string of the molecule is Nc1cc(-c2ccc(C(=O)N3CCN(S(=O)(=O)c4ccc5cc(Cl)ccc5c4)CC3)cc2)cc[n+]1[O-]. The van der Waals surface area contributed by atoms with Crippen LogP contribution in [0.25, 0.3) is 21.9 Å². The molecule has 1 aromatic heterocycles. The number of nitrogens with zero attached hydrogens (tertiary/aromatic N) is 3. The standard InChI is InChI=1S/C26H23ClN4O4S/c27-23-7-5-21-16-24(8-6-20(21)15-23)36(34,35)30-13-11-29(12-14-30)26(32)19-3-1-18(2-4-19)22-9-10-31(33)25(28)17-22/h1-10,15-17H,11-14,28H2. The van der Waals surface area contributed by atoms with Gasteiger partial charge in [-0.1, -0.05) is 35.9 Å². The summed E-state index contributed by atoms with van der Waals surface area (Å²) in [5.41, 5.74) is 7.78. The zero-order valence-corrected chi connectivity index (χ0v) is 20.7. The Morgan fingerprint density at radius 3 is 2.22 bits per heavy atom. The summed E-state index contributed by atoms with van der Waals surface area (Å²) in [6.45, 7) is 1.01. The largest absolute Gasteiger partial charge is 0.711 e.